The molecule has 110 valence electrons. The molecule has 1 unspecified atom stereocenters. The number of thiophene rings is 1. The van der Waals surface area contributed by atoms with E-state index in [1.54, 1.807) is 0 Å². The van der Waals surface area contributed by atoms with Gasteiger partial charge in [0.15, 0.2) is 0 Å². The lowest BCUT2D eigenvalue weighted by Crippen LogP contribution is -2.08. The predicted molar refractivity (Wildman–Crippen MR) is 74.4 cm³/mol. The summed E-state index contributed by atoms with van der Waals surface area (Å²) in [7, 11) is 0. The smallest absolute Gasteiger partial charge is 0.449 e. The molecule has 3 rings (SSSR count). The van der Waals surface area contributed by atoms with E-state index in [2.05, 4.69) is 0 Å². The van der Waals surface area contributed by atoms with E-state index >= 15 is 0 Å². The minimum Gasteiger partial charge on any atom is -0.454 e. The van der Waals surface area contributed by atoms with Gasteiger partial charge in [-0.1, -0.05) is 0 Å². The molecule has 1 atom stereocenters. The lowest BCUT2D eigenvalue weighted by molar-refractivity contribution is -0.153. The molecule has 3 heterocycles. The van der Waals surface area contributed by atoms with E-state index in [-0.39, 0.29) is 11.8 Å². The van der Waals surface area contributed by atoms with E-state index < -0.39 is 11.9 Å². The van der Waals surface area contributed by atoms with Crippen LogP contribution in [0.25, 0.3) is 0 Å². The molecule has 0 radical (unpaired) electrons. The van der Waals surface area contributed by atoms with Crippen LogP contribution in [0.1, 0.15) is 28.0 Å². The van der Waals surface area contributed by atoms with E-state index in [0.29, 0.717) is 0 Å². The third-order valence-electron chi connectivity index (χ3n) is 3.12. The van der Waals surface area contributed by atoms with Gasteiger partial charge in [0.1, 0.15) is 11.8 Å². The van der Waals surface area contributed by atoms with Gasteiger partial charge in [0.05, 0.1) is 0 Å². The standard InChI is InChI=1S/C15H12F3NOS/c1-10-8-12(21-9-10)14(19-6-2-3-7-19)11-4-5-13(20-11)15(16,17)18/h2-9,14H,1H3. The molecule has 3 aromatic heterocycles. The molecule has 2 nitrogen and oxygen atoms in total. The van der Waals surface area contributed by atoms with E-state index in [1.165, 1.54) is 17.4 Å². The summed E-state index contributed by atoms with van der Waals surface area (Å²) in [5.41, 5.74) is 1.08. The first kappa shape index (κ1) is 14.0. The predicted octanol–water partition coefficient (Wildman–Crippen LogP) is 5.11. The average molecular weight is 311 g/mol. The second-order valence-electron chi connectivity index (χ2n) is 4.76. The van der Waals surface area contributed by atoms with Crippen molar-refractivity contribution >= 4 is 11.3 Å². The quantitative estimate of drug-likeness (QED) is 0.657. The second-order valence-corrected chi connectivity index (χ2v) is 5.70. The second kappa shape index (κ2) is 5.11. The Balaban J connectivity index is 2.06. The van der Waals surface area contributed by atoms with Crippen molar-refractivity contribution in [2.75, 3.05) is 0 Å². The molecule has 0 fully saturated rings. The van der Waals surface area contributed by atoms with Gasteiger partial charge in [-0.25, -0.2) is 0 Å². The molecular formula is C15H12F3NOS. The summed E-state index contributed by atoms with van der Waals surface area (Å²) in [6.07, 6.45) is -0.837. The van der Waals surface area contributed by atoms with Crippen LogP contribution in [0.5, 0.6) is 0 Å². The van der Waals surface area contributed by atoms with Crippen LogP contribution in [0.4, 0.5) is 13.2 Å². The minimum atomic E-state index is -4.47. The third-order valence-corrected chi connectivity index (χ3v) is 4.22. The summed E-state index contributed by atoms with van der Waals surface area (Å²) in [5, 5.41) is 1.97. The van der Waals surface area contributed by atoms with Crippen LogP contribution in [0.2, 0.25) is 0 Å². The molecule has 3 aromatic rings. The number of aryl methyl sites for hydroxylation is 1. The summed E-state index contributed by atoms with van der Waals surface area (Å²) in [6, 6.07) is 7.62. The molecular weight excluding hydrogens is 299 g/mol. The Morgan fingerprint density at radius 1 is 1.19 bits per heavy atom. The highest BCUT2D eigenvalue weighted by molar-refractivity contribution is 7.10. The first-order valence-corrected chi connectivity index (χ1v) is 7.17. The fourth-order valence-corrected chi connectivity index (χ4v) is 3.21. The highest BCUT2D eigenvalue weighted by Crippen LogP contribution is 2.36. The van der Waals surface area contributed by atoms with Gasteiger partial charge in [0.25, 0.3) is 0 Å². The molecule has 0 saturated heterocycles. The molecule has 0 bridgehead atoms. The van der Waals surface area contributed by atoms with E-state index in [4.69, 9.17) is 4.42 Å². The maximum atomic E-state index is 12.7. The van der Waals surface area contributed by atoms with Crippen molar-refractivity contribution in [2.45, 2.75) is 19.1 Å². The van der Waals surface area contributed by atoms with Crippen molar-refractivity contribution in [3.8, 4) is 0 Å². The summed E-state index contributed by atoms with van der Waals surface area (Å²) in [4.78, 5) is 0.937. The van der Waals surface area contributed by atoms with Gasteiger partial charge >= 0.3 is 6.18 Å². The van der Waals surface area contributed by atoms with Gasteiger partial charge in [-0.15, -0.1) is 11.3 Å². The molecule has 0 amide bonds. The first-order chi connectivity index (χ1) is 9.95. The fourth-order valence-electron chi connectivity index (χ4n) is 2.20. The zero-order valence-corrected chi connectivity index (χ0v) is 11.9. The van der Waals surface area contributed by atoms with Crippen LogP contribution in [0.3, 0.4) is 0 Å². The van der Waals surface area contributed by atoms with E-state index in [1.807, 2.05) is 47.5 Å². The maximum absolute atomic E-state index is 12.7. The molecule has 0 aromatic carbocycles. The molecule has 21 heavy (non-hydrogen) atoms. The Kier molecular flexibility index (Phi) is 3.41. The van der Waals surface area contributed by atoms with Crippen LogP contribution in [-0.4, -0.2) is 4.57 Å². The summed E-state index contributed by atoms with van der Waals surface area (Å²) >= 11 is 1.51. The van der Waals surface area contributed by atoms with Crippen molar-refractivity contribution in [1.82, 2.24) is 4.57 Å². The first-order valence-electron chi connectivity index (χ1n) is 6.29. The molecule has 6 heteroatoms. The van der Waals surface area contributed by atoms with Crippen LogP contribution in [-0.2, 0) is 6.18 Å². The molecule has 0 saturated carbocycles. The third kappa shape index (κ3) is 2.76. The van der Waals surface area contributed by atoms with E-state index in [0.717, 1.165) is 16.5 Å². The highest BCUT2D eigenvalue weighted by Gasteiger charge is 2.36. The summed E-state index contributed by atoms with van der Waals surface area (Å²) < 4.78 is 45.0. The number of rotatable bonds is 3. The topological polar surface area (TPSA) is 18.1 Å². The Bertz CT molecular complexity index is 724. The average Bonchev–Trinajstić information content (AvgIpc) is 3.11. The number of hydrogen-bond acceptors (Lipinski definition) is 2. The van der Waals surface area contributed by atoms with Crippen LogP contribution < -0.4 is 0 Å². The molecule has 0 N–H and O–H groups in total. The van der Waals surface area contributed by atoms with E-state index in [9.17, 15) is 13.2 Å². The van der Waals surface area contributed by atoms with Gasteiger partial charge in [-0.3, -0.25) is 0 Å². The van der Waals surface area contributed by atoms with Gasteiger partial charge < -0.3 is 8.98 Å². The van der Waals surface area contributed by atoms with Crippen molar-refractivity contribution in [1.29, 1.82) is 0 Å². The van der Waals surface area contributed by atoms with Crippen molar-refractivity contribution < 1.29 is 17.6 Å². The minimum absolute atomic E-state index is 0.278. The van der Waals surface area contributed by atoms with Gasteiger partial charge in [0, 0.05) is 17.3 Å². The molecule has 0 aliphatic rings. The highest BCUT2D eigenvalue weighted by atomic mass is 32.1. The van der Waals surface area contributed by atoms with Crippen molar-refractivity contribution in [3.63, 3.8) is 0 Å². The van der Waals surface area contributed by atoms with Crippen molar-refractivity contribution in [2.24, 2.45) is 0 Å². The molecule has 0 spiro atoms. The number of furan rings is 1. The van der Waals surface area contributed by atoms with Crippen LogP contribution in [0.15, 0.2) is 52.5 Å². The normalized spacial score (nSPS) is 13.5. The summed E-state index contributed by atoms with van der Waals surface area (Å²) in [6.45, 7) is 1.95. The lowest BCUT2D eigenvalue weighted by atomic mass is 10.1. The molecule has 0 aliphatic heterocycles. The number of alkyl halides is 3. The number of halogens is 3. The molecule has 0 aliphatic carbocycles. The SMILES string of the molecule is Cc1csc(C(c2ccc(C(F)(F)F)o2)n2cccc2)c1. The van der Waals surface area contributed by atoms with Gasteiger partial charge in [0.2, 0.25) is 5.76 Å². The lowest BCUT2D eigenvalue weighted by Gasteiger charge is -2.15. The number of nitrogens with zero attached hydrogens (tertiary/aromatic N) is 1. The van der Waals surface area contributed by atoms with Crippen LogP contribution >= 0.6 is 11.3 Å². The number of aromatic nitrogens is 1. The summed E-state index contributed by atoms with van der Waals surface area (Å²) in [5.74, 6) is -0.691. The Hall–Kier alpha value is -1.95. The Morgan fingerprint density at radius 3 is 2.43 bits per heavy atom. The Labute approximate surface area is 123 Å². The fraction of sp³-hybridized carbons (Fsp3) is 0.200. The maximum Gasteiger partial charge on any atom is 0.449 e. The zero-order chi connectivity index (χ0) is 15.0. The Morgan fingerprint density at radius 2 is 1.90 bits per heavy atom. The van der Waals surface area contributed by atoms with Crippen molar-refractivity contribution in [3.05, 3.63) is 70.1 Å². The monoisotopic (exact) mass is 311 g/mol. The number of hydrogen-bond donors (Lipinski definition) is 0. The zero-order valence-electron chi connectivity index (χ0n) is 11.1. The van der Waals surface area contributed by atoms with Gasteiger partial charge in [-0.05, 0) is 48.2 Å². The van der Waals surface area contributed by atoms with Gasteiger partial charge in [-0.2, -0.15) is 13.2 Å². The van der Waals surface area contributed by atoms with Crippen LogP contribution in [0, 0.1) is 6.92 Å². The largest absolute Gasteiger partial charge is 0.454 e.